The number of hydrogen-bond donors (Lipinski definition) is 1. The van der Waals surface area contributed by atoms with Crippen LogP contribution in [-0.4, -0.2) is 17.3 Å². The van der Waals surface area contributed by atoms with E-state index in [1.165, 1.54) is 0 Å². The lowest BCUT2D eigenvalue weighted by Crippen LogP contribution is -2.24. The summed E-state index contributed by atoms with van der Waals surface area (Å²) >= 11 is 0. The van der Waals surface area contributed by atoms with Crippen LogP contribution in [0, 0.1) is 11.6 Å². The highest BCUT2D eigenvalue weighted by Gasteiger charge is 2.20. The van der Waals surface area contributed by atoms with Gasteiger partial charge in [0.2, 0.25) is 0 Å². The minimum atomic E-state index is -0.455. The molecule has 94 valence electrons. The van der Waals surface area contributed by atoms with Crippen molar-refractivity contribution in [3.8, 4) is 0 Å². The monoisotopic (exact) mass is 242 g/mol. The zero-order valence-corrected chi connectivity index (χ0v) is 9.53. The first-order valence-corrected chi connectivity index (χ1v) is 5.89. The van der Waals surface area contributed by atoms with Gasteiger partial charge in [-0.15, -0.1) is 0 Å². The van der Waals surface area contributed by atoms with E-state index in [2.05, 4.69) is 0 Å². The van der Waals surface area contributed by atoms with Crippen LogP contribution in [0.2, 0.25) is 0 Å². The normalized spacial score (nSPS) is 24.9. The van der Waals surface area contributed by atoms with Crippen molar-refractivity contribution in [2.45, 2.75) is 44.5 Å². The Balaban J connectivity index is 1.87. The minimum absolute atomic E-state index is 0.0427. The molecule has 0 amide bonds. The molecule has 4 heteroatoms. The number of aliphatic hydroxyl groups excluding tert-OH is 1. The summed E-state index contributed by atoms with van der Waals surface area (Å²) in [5, 5.41) is 9.33. The van der Waals surface area contributed by atoms with Gasteiger partial charge in [-0.3, -0.25) is 0 Å². The summed E-state index contributed by atoms with van der Waals surface area (Å²) in [6, 6.07) is 3.36. The maximum atomic E-state index is 13.3. The van der Waals surface area contributed by atoms with Crippen LogP contribution in [0.15, 0.2) is 18.2 Å². The van der Waals surface area contributed by atoms with Crippen molar-refractivity contribution in [2.24, 2.45) is 0 Å². The van der Waals surface area contributed by atoms with Crippen molar-refractivity contribution in [2.75, 3.05) is 0 Å². The van der Waals surface area contributed by atoms with E-state index in [0.29, 0.717) is 0 Å². The highest BCUT2D eigenvalue weighted by molar-refractivity contribution is 5.17. The van der Waals surface area contributed by atoms with E-state index in [4.69, 9.17) is 4.74 Å². The SMILES string of the molecule is OC1CCC(OCc2cc(F)ccc2F)CC1. The lowest BCUT2D eigenvalue weighted by atomic mass is 9.95. The van der Waals surface area contributed by atoms with E-state index in [0.717, 1.165) is 43.9 Å². The third-order valence-electron chi connectivity index (χ3n) is 3.13. The number of halogens is 2. The smallest absolute Gasteiger partial charge is 0.128 e. The molecule has 2 rings (SSSR count). The predicted octanol–water partition coefficient (Wildman–Crippen LogP) is 2.78. The fourth-order valence-corrected chi connectivity index (χ4v) is 2.07. The Labute approximate surface area is 99.2 Å². The van der Waals surface area contributed by atoms with Gasteiger partial charge in [-0.1, -0.05) is 0 Å². The van der Waals surface area contributed by atoms with Crippen LogP contribution < -0.4 is 0 Å². The number of ether oxygens (including phenoxy) is 1. The van der Waals surface area contributed by atoms with Gasteiger partial charge in [0.25, 0.3) is 0 Å². The molecule has 0 spiro atoms. The molecule has 0 saturated heterocycles. The van der Waals surface area contributed by atoms with Crippen molar-refractivity contribution in [1.82, 2.24) is 0 Å². The fourth-order valence-electron chi connectivity index (χ4n) is 2.07. The molecule has 0 radical (unpaired) electrons. The average molecular weight is 242 g/mol. The van der Waals surface area contributed by atoms with Gasteiger partial charge in [-0.05, 0) is 43.9 Å². The predicted molar refractivity (Wildman–Crippen MR) is 59.4 cm³/mol. The Hall–Kier alpha value is -1.00. The van der Waals surface area contributed by atoms with Gasteiger partial charge in [0.15, 0.2) is 0 Å². The van der Waals surface area contributed by atoms with Crippen LogP contribution in [0.5, 0.6) is 0 Å². The lowest BCUT2D eigenvalue weighted by Gasteiger charge is -2.25. The molecular formula is C13H16F2O2. The molecule has 0 bridgehead atoms. The van der Waals surface area contributed by atoms with Crippen molar-refractivity contribution in [3.05, 3.63) is 35.4 Å². The molecule has 0 atom stereocenters. The number of benzene rings is 1. The summed E-state index contributed by atoms with van der Waals surface area (Å²) in [4.78, 5) is 0. The van der Waals surface area contributed by atoms with Crippen LogP contribution in [-0.2, 0) is 11.3 Å². The molecule has 1 fully saturated rings. The van der Waals surface area contributed by atoms with E-state index >= 15 is 0 Å². The second kappa shape index (κ2) is 5.56. The summed E-state index contributed by atoms with van der Waals surface area (Å²) in [6.07, 6.45) is 2.80. The first kappa shape index (κ1) is 12.5. The number of hydrogen-bond acceptors (Lipinski definition) is 2. The number of aliphatic hydroxyl groups is 1. The van der Waals surface area contributed by atoms with E-state index in [9.17, 15) is 13.9 Å². The van der Waals surface area contributed by atoms with Crippen molar-refractivity contribution < 1.29 is 18.6 Å². The standard InChI is InChI=1S/C13H16F2O2/c14-10-1-6-13(15)9(7-10)8-17-12-4-2-11(16)3-5-12/h1,6-7,11-12,16H,2-5,8H2. The number of rotatable bonds is 3. The van der Waals surface area contributed by atoms with Gasteiger partial charge in [-0.25, -0.2) is 8.78 Å². The maximum Gasteiger partial charge on any atom is 0.128 e. The van der Waals surface area contributed by atoms with E-state index in [1.807, 2.05) is 0 Å². The van der Waals surface area contributed by atoms with Crippen LogP contribution in [0.25, 0.3) is 0 Å². The molecule has 2 nitrogen and oxygen atoms in total. The van der Waals surface area contributed by atoms with Crippen molar-refractivity contribution >= 4 is 0 Å². The zero-order valence-electron chi connectivity index (χ0n) is 9.53. The Morgan fingerprint density at radius 1 is 1.18 bits per heavy atom. The van der Waals surface area contributed by atoms with Crippen molar-refractivity contribution in [3.63, 3.8) is 0 Å². The van der Waals surface area contributed by atoms with Gasteiger partial charge in [0.1, 0.15) is 11.6 Å². The summed E-state index contributed by atoms with van der Waals surface area (Å²) in [5.74, 6) is -0.897. The molecule has 0 unspecified atom stereocenters. The second-order valence-corrected chi connectivity index (χ2v) is 4.48. The molecule has 1 saturated carbocycles. The fraction of sp³-hybridized carbons (Fsp3) is 0.538. The Morgan fingerprint density at radius 2 is 1.88 bits per heavy atom. The van der Waals surface area contributed by atoms with E-state index < -0.39 is 11.6 Å². The summed E-state index contributed by atoms with van der Waals surface area (Å²) in [7, 11) is 0. The van der Waals surface area contributed by atoms with Gasteiger partial charge in [-0.2, -0.15) is 0 Å². The van der Waals surface area contributed by atoms with Crippen molar-refractivity contribution in [1.29, 1.82) is 0 Å². The maximum absolute atomic E-state index is 13.3. The lowest BCUT2D eigenvalue weighted by molar-refractivity contribution is -0.0128. The van der Waals surface area contributed by atoms with Crippen LogP contribution in [0.3, 0.4) is 0 Å². The molecule has 0 aliphatic heterocycles. The summed E-state index contributed by atoms with van der Waals surface area (Å²) in [6.45, 7) is 0.0877. The van der Waals surface area contributed by atoms with E-state index in [-0.39, 0.29) is 24.4 Å². The quantitative estimate of drug-likeness (QED) is 0.883. The van der Waals surface area contributed by atoms with Crippen LogP contribution in [0.4, 0.5) is 8.78 Å². The Bertz CT molecular complexity index is 374. The molecule has 1 aliphatic rings. The second-order valence-electron chi connectivity index (χ2n) is 4.48. The minimum Gasteiger partial charge on any atom is -0.393 e. The van der Waals surface area contributed by atoms with Crippen LogP contribution >= 0.6 is 0 Å². The topological polar surface area (TPSA) is 29.5 Å². The summed E-state index contributed by atoms with van der Waals surface area (Å²) in [5.41, 5.74) is 0.246. The van der Waals surface area contributed by atoms with Gasteiger partial charge in [0.05, 0.1) is 18.8 Å². The average Bonchev–Trinajstić information content (AvgIpc) is 2.32. The molecule has 1 aromatic carbocycles. The van der Waals surface area contributed by atoms with Gasteiger partial charge < -0.3 is 9.84 Å². The Morgan fingerprint density at radius 3 is 2.59 bits per heavy atom. The third kappa shape index (κ3) is 3.48. The first-order valence-electron chi connectivity index (χ1n) is 5.89. The molecule has 1 aliphatic carbocycles. The molecule has 17 heavy (non-hydrogen) atoms. The highest BCUT2D eigenvalue weighted by atomic mass is 19.1. The summed E-state index contributed by atoms with van der Waals surface area (Å²) < 4.78 is 31.7. The van der Waals surface area contributed by atoms with Crippen LogP contribution in [0.1, 0.15) is 31.2 Å². The molecule has 1 N–H and O–H groups in total. The molecule has 1 aromatic rings. The third-order valence-corrected chi connectivity index (χ3v) is 3.13. The van der Waals surface area contributed by atoms with E-state index in [1.54, 1.807) is 0 Å². The molecule has 0 heterocycles. The Kier molecular flexibility index (Phi) is 4.07. The highest BCUT2D eigenvalue weighted by Crippen LogP contribution is 2.22. The van der Waals surface area contributed by atoms with Gasteiger partial charge in [0, 0.05) is 5.56 Å². The largest absolute Gasteiger partial charge is 0.393 e. The van der Waals surface area contributed by atoms with Gasteiger partial charge >= 0.3 is 0 Å². The first-order chi connectivity index (χ1) is 8.15. The molecule has 0 aromatic heterocycles. The molecular weight excluding hydrogens is 226 g/mol. The zero-order chi connectivity index (χ0) is 12.3.